The Balaban J connectivity index is 3.24. The number of rotatable bonds is 3. The lowest BCUT2D eigenvalue weighted by Gasteiger charge is -2.08. The van der Waals surface area contributed by atoms with Gasteiger partial charge in [0, 0.05) is 5.02 Å². The first-order valence-corrected chi connectivity index (χ1v) is 4.57. The highest BCUT2D eigenvalue weighted by atomic mass is 35.5. The van der Waals surface area contributed by atoms with Gasteiger partial charge < -0.3 is 4.74 Å². The minimum atomic E-state index is -2.39. The molecule has 0 radical (unpaired) electrons. The van der Waals surface area contributed by atoms with Crippen molar-refractivity contribution in [1.82, 2.24) is 0 Å². The van der Waals surface area contributed by atoms with Gasteiger partial charge in [-0.25, -0.2) is 4.39 Å². The Labute approximate surface area is 90.1 Å². The maximum Gasteiger partial charge on any atom is 0.306 e. The van der Waals surface area contributed by atoms with E-state index in [1.807, 2.05) is 0 Å². The topological polar surface area (TPSA) is 9.23 Å². The van der Waals surface area contributed by atoms with Crippen molar-refractivity contribution in [2.45, 2.75) is 6.92 Å². The van der Waals surface area contributed by atoms with Crippen molar-refractivity contribution in [3.05, 3.63) is 34.9 Å². The van der Waals surface area contributed by atoms with Gasteiger partial charge in [-0.1, -0.05) is 11.6 Å². The van der Waals surface area contributed by atoms with Crippen LogP contribution >= 0.6 is 11.6 Å². The molecule has 1 nitrogen and oxygen atoms in total. The number of hydrogen-bond acceptors (Lipinski definition) is 1. The molecule has 0 heterocycles. The van der Waals surface area contributed by atoms with E-state index in [4.69, 9.17) is 16.3 Å². The van der Waals surface area contributed by atoms with E-state index >= 15 is 0 Å². The van der Waals surface area contributed by atoms with Gasteiger partial charge in [0.25, 0.3) is 0 Å². The summed E-state index contributed by atoms with van der Waals surface area (Å²) in [6, 6.07) is 3.89. The smallest absolute Gasteiger partial charge is 0.306 e. The minimum absolute atomic E-state index is 0.0483. The second kappa shape index (κ2) is 5.07. The molecule has 0 amide bonds. The standard InChI is InChI=1S/C10H8ClF3O/c1-2-15-8-4-3-6(11)5-7(8)9(12)10(13)14/h3-5H,2H2,1H3. The molecule has 0 N–H and O–H groups in total. The molecule has 0 spiro atoms. The van der Waals surface area contributed by atoms with Gasteiger partial charge in [-0.05, 0) is 25.1 Å². The van der Waals surface area contributed by atoms with Gasteiger partial charge in [0.1, 0.15) is 5.75 Å². The summed E-state index contributed by atoms with van der Waals surface area (Å²) < 4.78 is 42.2. The molecule has 0 aromatic heterocycles. The van der Waals surface area contributed by atoms with Crippen LogP contribution in [-0.2, 0) is 0 Å². The molecule has 1 rings (SSSR count). The van der Waals surface area contributed by atoms with Crippen LogP contribution in [0.25, 0.3) is 5.83 Å². The highest BCUT2D eigenvalue weighted by Gasteiger charge is 2.14. The number of ether oxygens (including phenoxy) is 1. The summed E-state index contributed by atoms with van der Waals surface area (Å²) in [6.45, 7) is 1.93. The number of benzene rings is 1. The summed E-state index contributed by atoms with van der Waals surface area (Å²) >= 11 is 5.58. The molecule has 0 unspecified atom stereocenters. The lowest BCUT2D eigenvalue weighted by molar-refractivity contribution is 0.337. The fraction of sp³-hybridized carbons (Fsp3) is 0.200. The lowest BCUT2D eigenvalue weighted by Crippen LogP contribution is -1.95. The summed E-state index contributed by atoms with van der Waals surface area (Å²) in [4.78, 5) is 0. The summed E-state index contributed by atoms with van der Waals surface area (Å²) in [5.41, 5.74) is -0.329. The van der Waals surface area contributed by atoms with Crippen LogP contribution in [0.15, 0.2) is 24.3 Å². The molecule has 0 saturated heterocycles. The van der Waals surface area contributed by atoms with Gasteiger partial charge in [0.15, 0.2) is 5.83 Å². The number of hydrogen-bond donors (Lipinski definition) is 0. The third-order valence-corrected chi connectivity index (χ3v) is 1.88. The van der Waals surface area contributed by atoms with Crippen molar-refractivity contribution in [3.63, 3.8) is 0 Å². The lowest BCUT2D eigenvalue weighted by atomic mass is 10.2. The zero-order valence-corrected chi connectivity index (χ0v) is 8.62. The van der Waals surface area contributed by atoms with Crippen LogP contribution in [0.1, 0.15) is 12.5 Å². The SMILES string of the molecule is CCOc1ccc(Cl)cc1C(F)=C(F)F. The zero-order valence-electron chi connectivity index (χ0n) is 7.86. The number of halogens is 4. The van der Waals surface area contributed by atoms with Crippen LogP contribution in [0.2, 0.25) is 5.02 Å². The van der Waals surface area contributed by atoms with Crippen LogP contribution in [0, 0.1) is 0 Å². The van der Waals surface area contributed by atoms with E-state index in [9.17, 15) is 13.2 Å². The summed E-state index contributed by atoms with van der Waals surface area (Å²) in [5, 5.41) is 0.171. The first-order valence-electron chi connectivity index (χ1n) is 4.19. The highest BCUT2D eigenvalue weighted by Crippen LogP contribution is 2.32. The fourth-order valence-electron chi connectivity index (χ4n) is 1.06. The second-order valence-electron chi connectivity index (χ2n) is 2.65. The van der Waals surface area contributed by atoms with E-state index in [2.05, 4.69) is 0 Å². The Morgan fingerprint density at radius 1 is 1.33 bits per heavy atom. The monoisotopic (exact) mass is 236 g/mol. The molecule has 0 atom stereocenters. The first kappa shape index (κ1) is 11.9. The van der Waals surface area contributed by atoms with Gasteiger partial charge >= 0.3 is 6.08 Å². The van der Waals surface area contributed by atoms with Crippen LogP contribution in [0.5, 0.6) is 5.75 Å². The van der Waals surface area contributed by atoms with Gasteiger partial charge in [0.2, 0.25) is 0 Å². The van der Waals surface area contributed by atoms with E-state index in [0.29, 0.717) is 0 Å². The van der Waals surface area contributed by atoms with E-state index in [1.165, 1.54) is 12.1 Å². The average molecular weight is 237 g/mol. The predicted octanol–water partition coefficient (Wildman–Crippen LogP) is 4.27. The maximum absolute atomic E-state index is 13.0. The van der Waals surface area contributed by atoms with Crippen molar-refractivity contribution >= 4 is 17.4 Å². The Hall–Kier alpha value is -1.16. The van der Waals surface area contributed by atoms with E-state index < -0.39 is 11.9 Å². The fourth-order valence-corrected chi connectivity index (χ4v) is 1.23. The van der Waals surface area contributed by atoms with Crippen LogP contribution < -0.4 is 4.74 Å². The maximum atomic E-state index is 13.0. The molecule has 5 heteroatoms. The molecule has 0 aliphatic heterocycles. The van der Waals surface area contributed by atoms with Crippen molar-refractivity contribution in [3.8, 4) is 5.75 Å². The quantitative estimate of drug-likeness (QED) is 0.761. The minimum Gasteiger partial charge on any atom is -0.493 e. The molecular formula is C10H8ClF3O. The van der Waals surface area contributed by atoms with Gasteiger partial charge in [-0.2, -0.15) is 8.78 Å². The molecule has 1 aromatic rings. The van der Waals surface area contributed by atoms with Crippen molar-refractivity contribution < 1.29 is 17.9 Å². The Kier molecular flexibility index (Phi) is 4.03. The highest BCUT2D eigenvalue weighted by molar-refractivity contribution is 6.30. The molecule has 1 aromatic carbocycles. The Morgan fingerprint density at radius 2 is 2.00 bits per heavy atom. The molecular weight excluding hydrogens is 229 g/mol. The molecule has 0 bridgehead atoms. The van der Waals surface area contributed by atoms with Crippen molar-refractivity contribution in [1.29, 1.82) is 0 Å². The molecule has 0 fully saturated rings. The zero-order chi connectivity index (χ0) is 11.4. The normalized spacial score (nSPS) is 9.93. The van der Waals surface area contributed by atoms with Crippen LogP contribution in [-0.4, -0.2) is 6.61 Å². The summed E-state index contributed by atoms with van der Waals surface area (Å²) in [5.74, 6) is -1.56. The average Bonchev–Trinajstić information content (AvgIpc) is 2.20. The summed E-state index contributed by atoms with van der Waals surface area (Å²) in [6.07, 6.45) is -2.39. The predicted molar refractivity (Wildman–Crippen MR) is 52.9 cm³/mol. The van der Waals surface area contributed by atoms with Gasteiger partial charge in [-0.15, -0.1) is 0 Å². The summed E-state index contributed by atoms with van der Waals surface area (Å²) in [7, 11) is 0. The van der Waals surface area contributed by atoms with Crippen molar-refractivity contribution in [2.75, 3.05) is 6.61 Å². The molecule has 0 aliphatic carbocycles. The second-order valence-corrected chi connectivity index (χ2v) is 3.08. The molecule has 15 heavy (non-hydrogen) atoms. The Bertz CT molecular complexity index is 386. The largest absolute Gasteiger partial charge is 0.493 e. The van der Waals surface area contributed by atoms with E-state index in [1.54, 1.807) is 6.92 Å². The third kappa shape index (κ3) is 2.89. The first-order chi connectivity index (χ1) is 7.06. The molecule has 82 valence electrons. The molecule has 0 saturated carbocycles. The third-order valence-electron chi connectivity index (χ3n) is 1.64. The Morgan fingerprint density at radius 3 is 2.53 bits per heavy atom. The van der Waals surface area contributed by atoms with Gasteiger partial charge in [-0.3, -0.25) is 0 Å². The van der Waals surface area contributed by atoms with E-state index in [-0.39, 0.29) is 22.9 Å². The van der Waals surface area contributed by atoms with E-state index in [0.717, 1.165) is 6.07 Å². The van der Waals surface area contributed by atoms with Crippen LogP contribution in [0.3, 0.4) is 0 Å². The van der Waals surface area contributed by atoms with Gasteiger partial charge in [0.05, 0.1) is 12.2 Å². The van der Waals surface area contributed by atoms with Crippen LogP contribution in [0.4, 0.5) is 13.2 Å². The molecule has 0 aliphatic rings. The van der Waals surface area contributed by atoms with Crippen molar-refractivity contribution in [2.24, 2.45) is 0 Å².